The minimum atomic E-state index is -0.703. The highest BCUT2D eigenvalue weighted by Crippen LogP contribution is 2.75. The molecule has 0 heterocycles. The Balaban J connectivity index is 1.60. The fourth-order valence-electron chi connectivity index (χ4n) is 10.6. The van der Waals surface area contributed by atoms with Crippen molar-refractivity contribution in [1.29, 1.82) is 0 Å². The Morgan fingerprint density at radius 3 is 2.15 bits per heavy atom. The zero-order chi connectivity index (χ0) is 25.1. The monoisotopic (exact) mass is 470 g/mol. The second-order valence-corrected chi connectivity index (χ2v) is 15.1. The fraction of sp³-hybridized carbons (Fsp3) is 0.867. The van der Waals surface area contributed by atoms with E-state index in [4.69, 9.17) is 0 Å². The lowest BCUT2D eigenvalue weighted by Gasteiger charge is -2.72. The van der Waals surface area contributed by atoms with Crippen LogP contribution >= 0.6 is 0 Å². The molecule has 0 bridgehead atoms. The number of carbonyl (C=O) groups is 2. The van der Waals surface area contributed by atoms with Gasteiger partial charge in [0.2, 0.25) is 0 Å². The number of allylic oxidation sites excluding steroid dienone is 1. The fourth-order valence-corrected chi connectivity index (χ4v) is 10.6. The summed E-state index contributed by atoms with van der Waals surface area (Å²) in [4.78, 5) is 27.4. The highest BCUT2D eigenvalue weighted by molar-refractivity contribution is 6.00. The van der Waals surface area contributed by atoms with Crippen molar-refractivity contribution in [3.8, 4) is 0 Å². The molecule has 0 amide bonds. The van der Waals surface area contributed by atoms with E-state index in [0.717, 1.165) is 51.2 Å². The van der Waals surface area contributed by atoms with Gasteiger partial charge in [0.15, 0.2) is 5.78 Å². The molecule has 5 aliphatic rings. The van der Waals surface area contributed by atoms with Gasteiger partial charge in [0.1, 0.15) is 5.78 Å². The third kappa shape index (κ3) is 2.87. The van der Waals surface area contributed by atoms with E-state index in [9.17, 15) is 19.8 Å². The second-order valence-electron chi connectivity index (χ2n) is 15.1. The molecule has 5 aliphatic carbocycles. The zero-order valence-electron chi connectivity index (χ0n) is 22.5. The van der Waals surface area contributed by atoms with Crippen molar-refractivity contribution in [2.24, 2.45) is 50.7 Å². The van der Waals surface area contributed by atoms with Crippen LogP contribution in [0.15, 0.2) is 11.8 Å². The van der Waals surface area contributed by atoms with E-state index in [1.807, 2.05) is 13.8 Å². The Hall–Kier alpha value is -1.16. The van der Waals surface area contributed by atoms with Crippen LogP contribution in [-0.4, -0.2) is 27.4 Å². The molecule has 0 aliphatic heterocycles. The van der Waals surface area contributed by atoms with E-state index in [0.29, 0.717) is 24.2 Å². The minimum absolute atomic E-state index is 0.0310. The van der Waals surface area contributed by atoms with Crippen LogP contribution in [0.25, 0.3) is 0 Å². The molecular formula is C30H46O4. The lowest BCUT2D eigenvalue weighted by molar-refractivity contribution is -0.243. The molecule has 0 unspecified atom stereocenters. The number of aliphatic hydroxyl groups is 2. The molecule has 0 saturated heterocycles. The molecule has 5 rings (SSSR count). The van der Waals surface area contributed by atoms with E-state index in [-0.39, 0.29) is 51.1 Å². The van der Waals surface area contributed by atoms with Crippen molar-refractivity contribution in [3.05, 3.63) is 11.8 Å². The van der Waals surface area contributed by atoms with Gasteiger partial charge in [0.25, 0.3) is 0 Å². The maximum Gasteiger partial charge on any atom is 0.167 e. The average molecular weight is 471 g/mol. The third-order valence-corrected chi connectivity index (χ3v) is 12.7. The molecule has 0 spiro atoms. The number of Topliss-reactive ketones (excluding diaryl/α,β-unsaturated/α-hetero) is 2. The molecule has 0 aromatic heterocycles. The van der Waals surface area contributed by atoms with Gasteiger partial charge in [-0.25, -0.2) is 0 Å². The van der Waals surface area contributed by atoms with E-state index in [1.165, 1.54) is 0 Å². The Morgan fingerprint density at radius 1 is 0.853 bits per heavy atom. The van der Waals surface area contributed by atoms with Crippen molar-refractivity contribution in [1.82, 2.24) is 0 Å². The topological polar surface area (TPSA) is 74.6 Å². The zero-order valence-corrected chi connectivity index (χ0v) is 22.5. The lowest BCUT2D eigenvalue weighted by atomic mass is 9.32. The van der Waals surface area contributed by atoms with Gasteiger partial charge in [-0.15, -0.1) is 0 Å². The Kier molecular flexibility index (Phi) is 5.04. The lowest BCUT2D eigenvalue weighted by Crippen LogP contribution is -2.70. The van der Waals surface area contributed by atoms with E-state index in [2.05, 4.69) is 34.6 Å². The molecule has 4 nitrogen and oxygen atoms in total. The SMILES string of the molecule is CC1(C)CC[C@]2(O)CC[C@]3(C)[C@H](C(=O)C[C@@H]4[C@@]5(C)C/C(=C\O)C(=O)C(C)(C)[C@@H]5CC[C@]43C)[C@@H]2C1. The molecule has 8 atom stereocenters. The minimum Gasteiger partial charge on any atom is -0.515 e. The molecular weight excluding hydrogens is 424 g/mol. The normalized spacial score (nSPS) is 52.9. The molecule has 190 valence electrons. The Labute approximate surface area is 206 Å². The summed E-state index contributed by atoms with van der Waals surface area (Å²) in [7, 11) is 0. The number of hydrogen-bond donors (Lipinski definition) is 2. The van der Waals surface area contributed by atoms with Crippen LogP contribution in [0.2, 0.25) is 0 Å². The van der Waals surface area contributed by atoms with Crippen molar-refractivity contribution in [2.45, 2.75) is 112 Å². The molecule has 0 aromatic carbocycles. The summed E-state index contributed by atoms with van der Waals surface area (Å²) >= 11 is 0. The van der Waals surface area contributed by atoms with Gasteiger partial charge in [-0.3, -0.25) is 9.59 Å². The van der Waals surface area contributed by atoms with Gasteiger partial charge < -0.3 is 10.2 Å². The molecule has 2 N–H and O–H groups in total. The molecule has 5 fully saturated rings. The van der Waals surface area contributed by atoms with Gasteiger partial charge in [0.05, 0.1) is 11.9 Å². The smallest absolute Gasteiger partial charge is 0.167 e. The van der Waals surface area contributed by atoms with Crippen molar-refractivity contribution in [2.75, 3.05) is 0 Å². The summed E-state index contributed by atoms with van der Waals surface area (Å²) in [6.07, 6.45) is 8.61. The standard InChI is InChI=1S/C30H46O4/c1-25(2)10-12-30(34)13-11-29(7)23(19(30)16-25)20(32)14-22-27(5)15-18(17-31)24(33)26(3,4)21(27)8-9-28(22,29)6/h17,19,21-23,31,34H,8-16H2,1-7H3/b18-17+/t19-,21-,22+,23-,27-,28+,29+,30-/m0/s1. The number of carbonyl (C=O) groups excluding carboxylic acids is 2. The number of rotatable bonds is 0. The number of ketones is 2. The predicted molar refractivity (Wildman–Crippen MR) is 133 cm³/mol. The highest BCUT2D eigenvalue weighted by atomic mass is 16.3. The summed E-state index contributed by atoms with van der Waals surface area (Å²) in [5.74, 6) is 0.756. The predicted octanol–water partition coefficient (Wildman–Crippen LogP) is 6.41. The second kappa shape index (κ2) is 6.99. The first kappa shape index (κ1) is 24.5. The van der Waals surface area contributed by atoms with Crippen LogP contribution in [0.5, 0.6) is 0 Å². The third-order valence-electron chi connectivity index (χ3n) is 12.7. The maximum absolute atomic E-state index is 14.2. The van der Waals surface area contributed by atoms with Crippen LogP contribution in [0.1, 0.15) is 106 Å². The summed E-state index contributed by atoms with van der Waals surface area (Å²) < 4.78 is 0. The average Bonchev–Trinajstić information content (AvgIpc) is 2.74. The summed E-state index contributed by atoms with van der Waals surface area (Å²) in [6.45, 7) is 15.8. The number of fused-ring (bicyclic) bond motifs is 7. The molecule has 5 saturated carbocycles. The first-order valence-electron chi connectivity index (χ1n) is 13.7. The van der Waals surface area contributed by atoms with Crippen LogP contribution in [-0.2, 0) is 9.59 Å². The van der Waals surface area contributed by atoms with Gasteiger partial charge in [-0.05, 0) is 90.8 Å². The largest absolute Gasteiger partial charge is 0.515 e. The van der Waals surface area contributed by atoms with E-state index in [1.54, 1.807) is 0 Å². The molecule has 0 radical (unpaired) electrons. The van der Waals surface area contributed by atoms with Crippen LogP contribution < -0.4 is 0 Å². The summed E-state index contributed by atoms with van der Waals surface area (Å²) in [5.41, 5.74) is -0.945. The van der Waals surface area contributed by atoms with Gasteiger partial charge in [0, 0.05) is 23.3 Å². The molecule has 4 heteroatoms. The first-order chi connectivity index (χ1) is 15.6. The van der Waals surface area contributed by atoms with Crippen molar-refractivity contribution >= 4 is 11.6 Å². The Morgan fingerprint density at radius 2 is 1.50 bits per heavy atom. The van der Waals surface area contributed by atoms with E-state index >= 15 is 0 Å². The van der Waals surface area contributed by atoms with Crippen molar-refractivity contribution in [3.63, 3.8) is 0 Å². The first-order valence-corrected chi connectivity index (χ1v) is 13.7. The number of aliphatic hydroxyl groups excluding tert-OH is 1. The summed E-state index contributed by atoms with van der Waals surface area (Å²) in [6, 6.07) is 0. The maximum atomic E-state index is 14.2. The molecule has 34 heavy (non-hydrogen) atoms. The van der Waals surface area contributed by atoms with Gasteiger partial charge >= 0.3 is 0 Å². The van der Waals surface area contributed by atoms with Crippen LogP contribution in [0.3, 0.4) is 0 Å². The van der Waals surface area contributed by atoms with Crippen LogP contribution in [0.4, 0.5) is 0 Å². The summed E-state index contributed by atoms with van der Waals surface area (Å²) in [5, 5.41) is 21.7. The van der Waals surface area contributed by atoms with Crippen LogP contribution in [0, 0.1) is 50.7 Å². The Bertz CT molecular complexity index is 961. The van der Waals surface area contributed by atoms with E-state index < -0.39 is 11.0 Å². The molecule has 0 aromatic rings. The van der Waals surface area contributed by atoms with Gasteiger partial charge in [-0.1, -0.05) is 48.5 Å². The highest BCUT2D eigenvalue weighted by Gasteiger charge is 2.72. The van der Waals surface area contributed by atoms with Gasteiger partial charge in [-0.2, -0.15) is 0 Å². The quantitative estimate of drug-likeness (QED) is 0.317. The number of hydrogen-bond acceptors (Lipinski definition) is 4. The van der Waals surface area contributed by atoms with Crippen molar-refractivity contribution < 1.29 is 19.8 Å².